The summed E-state index contributed by atoms with van der Waals surface area (Å²) in [4.78, 5) is 51.0. The van der Waals surface area contributed by atoms with E-state index >= 15 is 0 Å². The summed E-state index contributed by atoms with van der Waals surface area (Å²) in [6, 6.07) is 4.67. The zero-order chi connectivity index (χ0) is 24.1. The molecule has 4 aliphatic rings. The van der Waals surface area contributed by atoms with Crippen molar-refractivity contribution in [3.05, 3.63) is 41.2 Å². The molecule has 1 aliphatic carbocycles. The van der Waals surface area contributed by atoms with Gasteiger partial charge >= 0.3 is 0 Å². The Kier molecular flexibility index (Phi) is 5.36. The normalized spacial score (nSPS) is 28.0. The van der Waals surface area contributed by atoms with E-state index in [1.807, 2.05) is 6.07 Å². The van der Waals surface area contributed by atoms with Gasteiger partial charge in [0.2, 0.25) is 11.8 Å². The van der Waals surface area contributed by atoms with Crippen molar-refractivity contribution in [2.75, 3.05) is 6.61 Å². The molecular formula is C24H26N6O5. The molecule has 0 bridgehead atoms. The number of fused-ring (bicyclic) bond motifs is 2. The molecule has 2 saturated heterocycles. The third-order valence-corrected chi connectivity index (χ3v) is 7.60. The van der Waals surface area contributed by atoms with Crippen molar-refractivity contribution in [2.24, 2.45) is 5.92 Å². The summed E-state index contributed by atoms with van der Waals surface area (Å²) in [7, 11) is 0. The second-order valence-corrected chi connectivity index (χ2v) is 9.66. The number of hydrogen-bond donors (Lipinski definition) is 2. The Bertz CT molecular complexity index is 1220. The number of piperidine rings is 1. The molecule has 6 rings (SSSR count). The maximum atomic E-state index is 12.9. The van der Waals surface area contributed by atoms with Crippen LogP contribution in [0.4, 0.5) is 0 Å². The maximum Gasteiger partial charge on any atom is 0.273 e. The van der Waals surface area contributed by atoms with E-state index in [1.165, 1.54) is 9.58 Å². The van der Waals surface area contributed by atoms with Gasteiger partial charge in [-0.1, -0.05) is 5.21 Å². The highest BCUT2D eigenvalue weighted by molar-refractivity contribution is 6.05. The van der Waals surface area contributed by atoms with Crippen molar-refractivity contribution in [3.8, 4) is 5.69 Å². The van der Waals surface area contributed by atoms with Crippen molar-refractivity contribution < 1.29 is 23.9 Å². The summed E-state index contributed by atoms with van der Waals surface area (Å²) in [5.74, 6) is -0.897. The van der Waals surface area contributed by atoms with Gasteiger partial charge in [-0.05, 0) is 55.9 Å². The fraction of sp³-hybridized carbons (Fsp3) is 0.500. The zero-order valence-corrected chi connectivity index (χ0v) is 19.1. The number of nitrogens with one attached hydrogen (secondary N) is 2. The fourth-order valence-electron chi connectivity index (χ4n) is 5.79. The number of ether oxygens (including phenoxy) is 1. The summed E-state index contributed by atoms with van der Waals surface area (Å²) < 4.78 is 7.30. The van der Waals surface area contributed by atoms with Crippen LogP contribution in [0.25, 0.3) is 5.69 Å². The van der Waals surface area contributed by atoms with Crippen LogP contribution in [0.2, 0.25) is 0 Å². The van der Waals surface area contributed by atoms with E-state index in [-0.39, 0.29) is 48.5 Å². The van der Waals surface area contributed by atoms with Crippen LogP contribution >= 0.6 is 0 Å². The SMILES string of the molecule is O=C1CCC(N2Cc3cc(-n4cc(C(=O)NC5CCCC6OCCC56)nn4)ccc3C2=O)C(=O)N1. The van der Waals surface area contributed by atoms with Crippen molar-refractivity contribution in [1.82, 2.24) is 30.5 Å². The van der Waals surface area contributed by atoms with Gasteiger partial charge in [-0.25, -0.2) is 4.68 Å². The van der Waals surface area contributed by atoms with E-state index in [1.54, 1.807) is 18.3 Å². The Hall–Kier alpha value is -3.60. The Morgan fingerprint density at radius 3 is 2.89 bits per heavy atom. The topological polar surface area (TPSA) is 136 Å². The molecule has 2 aromatic rings. The monoisotopic (exact) mass is 478 g/mol. The number of aromatic nitrogens is 3. The Morgan fingerprint density at radius 1 is 1.14 bits per heavy atom. The molecule has 4 heterocycles. The van der Waals surface area contributed by atoms with Crippen LogP contribution in [0.5, 0.6) is 0 Å². The molecule has 4 unspecified atom stereocenters. The van der Waals surface area contributed by atoms with E-state index in [0.717, 1.165) is 37.9 Å². The van der Waals surface area contributed by atoms with Gasteiger partial charge in [0.1, 0.15) is 6.04 Å². The minimum Gasteiger partial charge on any atom is -0.378 e. The van der Waals surface area contributed by atoms with Crippen LogP contribution in [-0.4, -0.2) is 68.3 Å². The minimum atomic E-state index is -0.664. The number of benzene rings is 1. The summed E-state index contributed by atoms with van der Waals surface area (Å²) in [5, 5.41) is 13.6. The maximum absolute atomic E-state index is 12.9. The molecule has 3 fully saturated rings. The molecule has 11 nitrogen and oxygen atoms in total. The van der Waals surface area contributed by atoms with Crippen molar-refractivity contribution >= 4 is 23.6 Å². The van der Waals surface area contributed by atoms with E-state index in [0.29, 0.717) is 23.6 Å². The average Bonchev–Trinajstić information content (AvgIpc) is 3.58. The van der Waals surface area contributed by atoms with Crippen molar-refractivity contribution in [2.45, 2.75) is 63.3 Å². The fourth-order valence-corrected chi connectivity index (χ4v) is 5.79. The molecule has 0 radical (unpaired) electrons. The predicted molar refractivity (Wildman–Crippen MR) is 120 cm³/mol. The first-order chi connectivity index (χ1) is 17.0. The Labute approximate surface area is 201 Å². The molecule has 1 aromatic carbocycles. The number of hydrogen-bond acceptors (Lipinski definition) is 7. The lowest BCUT2D eigenvalue weighted by molar-refractivity contribution is -0.136. The number of carbonyl (C=O) groups excluding carboxylic acids is 4. The number of rotatable bonds is 4. The molecule has 1 aromatic heterocycles. The van der Waals surface area contributed by atoms with E-state index in [4.69, 9.17) is 4.74 Å². The molecule has 1 saturated carbocycles. The molecule has 3 aliphatic heterocycles. The summed E-state index contributed by atoms with van der Waals surface area (Å²) in [6.07, 6.45) is 6.32. The summed E-state index contributed by atoms with van der Waals surface area (Å²) in [6.45, 7) is 1.02. The molecular weight excluding hydrogens is 452 g/mol. The first kappa shape index (κ1) is 21.9. The lowest BCUT2D eigenvalue weighted by Crippen LogP contribution is -2.52. The standard InChI is InChI=1S/C24H26N6O5/c31-21-7-6-19(23(33)26-21)29-11-13-10-14(4-5-15(13)24(29)34)30-12-18(27-28-30)22(32)25-17-2-1-3-20-16(17)8-9-35-20/h4-5,10,12,16-17,19-20H,1-3,6-9,11H2,(H,25,32)(H,26,31,33). The number of nitrogens with zero attached hydrogens (tertiary/aromatic N) is 4. The first-order valence-corrected chi connectivity index (χ1v) is 12.1. The third-order valence-electron chi connectivity index (χ3n) is 7.60. The second kappa shape index (κ2) is 8.56. The van der Waals surface area contributed by atoms with Gasteiger partial charge in [0.05, 0.1) is 18.0 Å². The lowest BCUT2D eigenvalue weighted by atomic mass is 9.82. The van der Waals surface area contributed by atoms with Gasteiger partial charge in [-0.2, -0.15) is 0 Å². The van der Waals surface area contributed by atoms with Gasteiger partial charge < -0.3 is 15.0 Å². The van der Waals surface area contributed by atoms with Crippen LogP contribution in [0.3, 0.4) is 0 Å². The van der Waals surface area contributed by atoms with Crippen LogP contribution in [0, 0.1) is 5.92 Å². The zero-order valence-electron chi connectivity index (χ0n) is 19.1. The second-order valence-electron chi connectivity index (χ2n) is 9.66. The summed E-state index contributed by atoms with van der Waals surface area (Å²) in [5.41, 5.74) is 2.17. The van der Waals surface area contributed by atoms with Crippen LogP contribution in [-0.2, 0) is 20.9 Å². The molecule has 35 heavy (non-hydrogen) atoms. The number of amides is 4. The Balaban J connectivity index is 1.16. The van der Waals surface area contributed by atoms with Gasteiger partial charge in [0.25, 0.3) is 11.8 Å². The third kappa shape index (κ3) is 3.89. The quantitative estimate of drug-likeness (QED) is 0.618. The lowest BCUT2D eigenvalue weighted by Gasteiger charge is -2.32. The van der Waals surface area contributed by atoms with Crippen LogP contribution < -0.4 is 10.6 Å². The number of imide groups is 1. The molecule has 4 amide bonds. The van der Waals surface area contributed by atoms with Crippen LogP contribution in [0.15, 0.2) is 24.4 Å². The Morgan fingerprint density at radius 2 is 2.03 bits per heavy atom. The minimum absolute atomic E-state index is 0.0816. The smallest absolute Gasteiger partial charge is 0.273 e. The van der Waals surface area contributed by atoms with E-state index < -0.39 is 11.9 Å². The highest BCUT2D eigenvalue weighted by Gasteiger charge is 2.40. The molecule has 11 heteroatoms. The van der Waals surface area contributed by atoms with Gasteiger partial charge in [0.15, 0.2) is 5.69 Å². The van der Waals surface area contributed by atoms with Crippen molar-refractivity contribution in [1.29, 1.82) is 0 Å². The molecule has 0 spiro atoms. The summed E-state index contributed by atoms with van der Waals surface area (Å²) >= 11 is 0. The van der Waals surface area contributed by atoms with E-state index in [9.17, 15) is 19.2 Å². The van der Waals surface area contributed by atoms with E-state index in [2.05, 4.69) is 20.9 Å². The molecule has 2 N–H and O–H groups in total. The van der Waals surface area contributed by atoms with Crippen LogP contribution in [0.1, 0.15) is 64.9 Å². The van der Waals surface area contributed by atoms with Crippen molar-refractivity contribution in [3.63, 3.8) is 0 Å². The molecule has 4 atom stereocenters. The average molecular weight is 479 g/mol. The largest absolute Gasteiger partial charge is 0.378 e. The highest BCUT2D eigenvalue weighted by Crippen LogP contribution is 2.34. The molecule has 182 valence electrons. The predicted octanol–water partition coefficient (Wildman–Crippen LogP) is 0.716. The van der Waals surface area contributed by atoms with Gasteiger partial charge in [-0.15, -0.1) is 5.10 Å². The van der Waals surface area contributed by atoms with Gasteiger partial charge in [0, 0.05) is 37.1 Å². The number of carbonyl (C=O) groups is 4. The first-order valence-electron chi connectivity index (χ1n) is 12.1. The highest BCUT2D eigenvalue weighted by atomic mass is 16.5. The van der Waals surface area contributed by atoms with Gasteiger partial charge in [-0.3, -0.25) is 24.5 Å².